The molecule has 3 heterocycles. The zero-order chi connectivity index (χ0) is 19.1. The number of para-hydroxylation sites is 1. The topological polar surface area (TPSA) is 76.2 Å². The minimum Gasteiger partial charge on any atom is -0.381 e. The van der Waals surface area contributed by atoms with Gasteiger partial charge in [-0.25, -0.2) is 9.37 Å². The van der Waals surface area contributed by atoms with Crippen LogP contribution in [0.5, 0.6) is 0 Å². The van der Waals surface area contributed by atoms with Gasteiger partial charge in [-0.05, 0) is 42.8 Å². The van der Waals surface area contributed by atoms with Crippen molar-refractivity contribution in [3.63, 3.8) is 0 Å². The molecule has 2 aliphatic heterocycles. The SMILES string of the molecule is O=C(Nc1ccc(-c2nc3c(F)cccc3[nH]2)cc1)C1OCC2COCCC21. The first-order valence-electron chi connectivity index (χ1n) is 9.44. The number of amides is 1. The van der Waals surface area contributed by atoms with Crippen LogP contribution in [-0.4, -0.2) is 41.8 Å². The van der Waals surface area contributed by atoms with Gasteiger partial charge in [0.15, 0.2) is 5.82 Å². The smallest absolute Gasteiger partial charge is 0.253 e. The van der Waals surface area contributed by atoms with E-state index in [1.165, 1.54) is 6.07 Å². The van der Waals surface area contributed by atoms with Gasteiger partial charge in [-0.2, -0.15) is 0 Å². The maximum Gasteiger partial charge on any atom is 0.253 e. The summed E-state index contributed by atoms with van der Waals surface area (Å²) in [6, 6.07) is 12.1. The van der Waals surface area contributed by atoms with E-state index >= 15 is 0 Å². The van der Waals surface area contributed by atoms with E-state index in [9.17, 15) is 9.18 Å². The van der Waals surface area contributed by atoms with Crippen LogP contribution < -0.4 is 5.32 Å². The number of nitrogens with one attached hydrogen (secondary N) is 2. The molecule has 0 spiro atoms. The molecule has 6 nitrogen and oxygen atoms in total. The van der Waals surface area contributed by atoms with Gasteiger partial charge >= 0.3 is 0 Å². The summed E-state index contributed by atoms with van der Waals surface area (Å²) >= 11 is 0. The number of imidazole rings is 1. The van der Waals surface area contributed by atoms with E-state index in [4.69, 9.17) is 9.47 Å². The van der Waals surface area contributed by atoms with Crippen LogP contribution >= 0.6 is 0 Å². The Morgan fingerprint density at radius 2 is 2.04 bits per heavy atom. The fraction of sp³-hybridized carbons (Fsp3) is 0.333. The van der Waals surface area contributed by atoms with Gasteiger partial charge in [0, 0.05) is 29.7 Å². The number of hydrogen-bond acceptors (Lipinski definition) is 4. The molecular formula is C21H20FN3O3. The Bertz CT molecular complexity index is 1020. The second-order valence-corrected chi connectivity index (χ2v) is 7.33. The van der Waals surface area contributed by atoms with Crippen molar-refractivity contribution in [2.45, 2.75) is 12.5 Å². The fourth-order valence-corrected chi connectivity index (χ4v) is 4.06. The highest BCUT2D eigenvalue weighted by Crippen LogP contribution is 2.34. The molecule has 2 N–H and O–H groups in total. The number of hydrogen-bond donors (Lipinski definition) is 2. The number of rotatable bonds is 3. The van der Waals surface area contributed by atoms with Crippen molar-refractivity contribution < 1.29 is 18.7 Å². The Labute approximate surface area is 161 Å². The molecule has 3 unspecified atom stereocenters. The van der Waals surface area contributed by atoms with Gasteiger partial charge in [-0.15, -0.1) is 0 Å². The van der Waals surface area contributed by atoms with Crippen molar-refractivity contribution in [2.75, 3.05) is 25.1 Å². The van der Waals surface area contributed by atoms with E-state index in [1.54, 1.807) is 12.1 Å². The summed E-state index contributed by atoms with van der Waals surface area (Å²) in [7, 11) is 0. The minimum absolute atomic E-state index is 0.118. The van der Waals surface area contributed by atoms with Crippen LogP contribution in [0.3, 0.4) is 0 Å². The molecule has 2 aromatic carbocycles. The summed E-state index contributed by atoms with van der Waals surface area (Å²) in [6.45, 7) is 1.92. The zero-order valence-electron chi connectivity index (χ0n) is 15.2. The summed E-state index contributed by atoms with van der Waals surface area (Å²) in [5.41, 5.74) is 2.47. The maximum atomic E-state index is 13.8. The number of benzene rings is 2. The van der Waals surface area contributed by atoms with E-state index < -0.39 is 6.10 Å². The molecule has 0 radical (unpaired) electrons. The minimum atomic E-state index is -0.424. The number of fused-ring (bicyclic) bond motifs is 2. The summed E-state index contributed by atoms with van der Waals surface area (Å²) < 4.78 is 25.0. The molecular weight excluding hydrogens is 361 g/mol. The number of ether oxygens (including phenoxy) is 2. The Hall–Kier alpha value is -2.77. The third-order valence-electron chi connectivity index (χ3n) is 5.56. The standard InChI is InChI=1S/C21H20FN3O3/c22-16-2-1-3-17-18(16)25-20(24-17)12-4-6-14(7-5-12)23-21(26)19-15-8-9-27-10-13(15)11-28-19/h1-7,13,15,19H,8-11H2,(H,23,26)(H,24,25). The van der Waals surface area contributed by atoms with Gasteiger partial charge in [-0.3, -0.25) is 4.79 Å². The van der Waals surface area contributed by atoms with E-state index in [0.29, 0.717) is 48.3 Å². The number of H-pyrrole nitrogens is 1. The number of aromatic amines is 1. The normalized spacial score (nSPS) is 24.2. The van der Waals surface area contributed by atoms with Crippen molar-refractivity contribution in [1.29, 1.82) is 0 Å². The maximum absolute atomic E-state index is 13.8. The van der Waals surface area contributed by atoms with E-state index in [-0.39, 0.29) is 17.6 Å². The van der Waals surface area contributed by atoms with E-state index in [2.05, 4.69) is 15.3 Å². The number of halogens is 1. The van der Waals surface area contributed by atoms with Crippen LogP contribution in [0.4, 0.5) is 10.1 Å². The zero-order valence-corrected chi connectivity index (χ0v) is 15.2. The number of carbonyl (C=O) groups excluding carboxylic acids is 1. The van der Waals surface area contributed by atoms with Crippen molar-refractivity contribution in [1.82, 2.24) is 9.97 Å². The van der Waals surface area contributed by atoms with Gasteiger partial charge < -0.3 is 19.8 Å². The lowest BCUT2D eigenvalue weighted by molar-refractivity contribution is -0.126. The molecule has 3 atom stereocenters. The molecule has 0 saturated carbocycles. The van der Waals surface area contributed by atoms with Crippen LogP contribution in [-0.2, 0) is 14.3 Å². The quantitative estimate of drug-likeness (QED) is 0.729. The second-order valence-electron chi connectivity index (χ2n) is 7.33. The molecule has 1 aromatic heterocycles. The van der Waals surface area contributed by atoms with Gasteiger partial charge in [0.05, 0.1) is 18.7 Å². The Kier molecular flexibility index (Phi) is 4.33. The highest BCUT2D eigenvalue weighted by atomic mass is 19.1. The number of anilines is 1. The van der Waals surface area contributed by atoms with Crippen molar-refractivity contribution in [2.24, 2.45) is 11.8 Å². The molecule has 144 valence electrons. The van der Waals surface area contributed by atoms with Gasteiger partial charge in [0.25, 0.3) is 5.91 Å². The Morgan fingerprint density at radius 3 is 2.86 bits per heavy atom. The Morgan fingerprint density at radius 1 is 1.18 bits per heavy atom. The first-order chi connectivity index (χ1) is 13.7. The number of carbonyl (C=O) groups is 1. The van der Waals surface area contributed by atoms with Crippen LogP contribution in [0, 0.1) is 17.7 Å². The van der Waals surface area contributed by atoms with E-state index in [1.807, 2.05) is 24.3 Å². The van der Waals surface area contributed by atoms with E-state index in [0.717, 1.165) is 12.0 Å². The average molecular weight is 381 g/mol. The first-order valence-corrected chi connectivity index (χ1v) is 9.44. The molecule has 1 amide bonds. The summed E-state index contributed by atoms with van der Waals surface area (Å²) in [6.07, 6.45) is 0.427. The molecule has 28 heavy (non-hydrogen) atoms. The highest BCUT2D eigenvalue weighted by Gasteiger charge is 2.42. The lowest BCUT2D eigenvalue weighted by atomic mass is 9.86. The largest absolute Gasteiger partial charge is 0.381 e. The van der Waals surface area contributed by atoms with Crippen molar-refractivity contribution in [3.8, 4) is 11.4 Å². The summed E-state index contributed by atoms with van der Waals surface area (Å²) in [5.74, 6) is 0.640. The molecule has 3 aromatic rings. The first kappa shape index (κ1) is 17.3. The third kappa shape index (κ3) is 3.06. The highest BCUT2D eigenvalue weighted by molar-refractivity contribution is 5.94. The van der Waals surface area contributed by atoms with Gasteiger partial charge in [0.1, 0.15) is 17.4 Å². The molecule has 0 bridgehead atoms. The lowest BCUT2D eigenvalue weighted by Gasteiger charge is -2.26. The summed E-state index contributed by atoms with van der Waals surface area (Å²) in [4.78, 5) is 20.1. The predicted octanol–water partition coefficient (Wildman–Crippen LogP) is 3.36. The van der Waals surface area contributed by atoms with Crippen LogP contribution in [0.2, 0.25) is 0 Å². The van der Waals surface area contributed by atoms with Crippen LogP contribution in [0.25, 0.3) is 22.4 Å². The van der Waals surface area contributed by atoms with Gasteiger partial charge in [-0.1, -0.05) is 6.07 Å². The molecule has 5 rings (SSSR count). The van der Waals surface area contributed by atoms with Crippen LogP contribution in [0.1, 0.15) is 6.42 Å². The second kappa shape index (κ2) is 7.00. The number of aromatic nitrogens is 2. The molecule has 2 fully saturated rings. The monoisotopic (exact) mass is 381 g/mol. The molecule has 0 aliphatic carbocycles. The molecule has 2 saturated heterocycles. The van der Waals surface area contributed by atoms with Crippen molar-refractivity contribution >= 4 is 22.6 Å². The summed E-state index contributed by atoms with van der Waals surface area (Å²) in [5, 5.41) is 2.94. The number of nitrogens with zero attached hydrogens (tertiary/aromatic N) is 1. The van der Waals surface area contributed by atoms with Crippen molar-refractivity contribution in [3.05, 3.63) is 48.3 Å². The molecule has 7 heteroatoms. The third-order valence-corrected chi connectivity index (χ3v) is 5.56. The lowest BCUT2D eigenvalue weighted by Crippen LogP contribution is -2.37. The average Bonchev–Trinajstić information content (AvgIpc) is 3.34. The Balaban J connectivity index is 1.31. The predicted molar refractivity (Wildman–Crippen MR) is 102 cm³/mol. The van der Waals surface area contributed by atoms with Gasteiger partial charge in [0.2, 0.25) is 0 Å². The van der Waals surface area contributed by atoms with Crippen LogP contribution in [0.15, 0.2) is 42.5 Å². The molecule has 2 aliphatic rings. The fourth-order valence-electron chi connectivity index (χ4n) is 4.06.